The number of hydrogen-bond donors (Lipinski definition) is 0. The number of fused-ring (bicyclic) bond motifs is 5. The maximum atomic E-state index is 2.76. The van der Waals surface area contributed by atoms with E-state index in [-0.39, 0.29) is 0 Å². The highest BCUT2D eigenvalue weighted by molar-refractivity contribution is 5.09. The third-order valence-electron chi connectivity index (χ3n) is 11.9. The molecule has 0 nitrogen and oxygen atoms in total. The first kappa shape index (κ1) is 22.2. The van der Waals surface area contributed by atoms with E-state index in [0.29, 0.717) is 10.8 Å². The van der Waals surface area contributed by atoms with E-state index in [1.165, 1.54) is 32.1 Å². The SMILES string of the molecule is CC1CCC2(C)C(CCC3C2CCC2(C)C(C(C)CCC(C)C(C)C)CCC32)C1. The maximum absolute atomic E-state index is 2.76. The van der Waals surface area contributed by atoms with Crippen LogP contribution in [0.1, 0.15) is 119 Å². The molecule has 0 aromatic rings. The van der Waals surface area contributed by atoms with E-state index in [1.807, 2.05) is 0 Å². The first-order chi connectivity index (χ1) is 13.7. The zero-order valence-electron chi connectivity index (χ0n) is 21.0. The Bertz CT molecular complexity index is 562. The predicted octanol–water partition coefficient (Wildman–Crippen LogP) is 8.99. The van der Waals surface area contributed by atoms with Crippen LogP contribution in [0.2, 0.25) is 0 Å². The summed E-state index contributed by atoms with van der Waals surface area (Å²) in [6.45, 7) is 17.9. The molecule has 0 amide bonds. The van der Waals surface area contributed by atoms with E-state index in [2.05, 4.69) is 48.5 Å². The molecule has 0 aromatic heterocycles. The zero-order chi connectivity index (χ0) is 21.0. The molecule has 0 saturated heterocycles. The molecule has 4 fully saturated rings. The van der Waals surface area contributed by atoms with Gasteiger partial charge in [-0.3, -0.25) is 0 Å². The average Bonchev–Trinajstić information content (AvgIpc) is 3.03. The molecule has 0 aromatic carbocycles. The first-order valence-corrected chi connectivity index (χ1v) is 13.7. The van der Waals surface area contributed by atoms with Crippen molar-refractivity contribution in [1.29, 1.82) is 0 Å². The molecule has 0 heterocycles. The van der Waals surface area contributed by atoms with Gasteiger partial charge in [0.05, 0.1) is 0 Å². The highest BCUT2D eigenvalue weighted by Gasteiger charge is 2.60. The van der Waals surface area contributed by atoms with Crippen LogP contribution in [0.15, 0.2) is 0 Å². The summed E-state index contributed by atoms with van der Waals surface area (Å²) >= 11 is 0. The van der Waals surface area contributed by atoms with Crippen molar-refractivity contribution in [3.8, 4) is 0 Å². The van der Waals surface area contributed by atoms with E-state index in [1.54, 1.807) is 38.5 Å². The number of hydrogen-bond acceptors (Lipinski definition) is 0. The van der Waals surface area contributed by atoms with Crippen LogP contribution >= 0.6 is 0 Å². The minimum absolute atomic E-state index is 0.660. The zero-order valence-corrected chi connectivity index (χ0v) is 21.0. The fourth-order valence-electron chi connectivity index (χ4n) is 9.51. The Labute approximate surface area is 183 Å². The molecule has 0 N–H and O–H groups in total. The lowest BCUT2D eigenvalue weighted by molar-refractivity contribution is -0.120. The Morgan fingerprint density at radius 2 is 1.45 bits per heavy atom. The van der Waals surface area contributed by atoms with E-state index < -0.39 is 0 Å². The smallest absolute Gasteiger partial charge is 0.0264 e. The third kappa shape index (κ3) is 3.75. The molecular formula is C29H52. The second-order valence-electron chi connectivity index (χ2n) is 13.5. The van der Waals surface area contributed by atoms with Gasteiger partial charge in [0, 0.05) is 0 Å². The van der Waals surface area contributed by atoms with Gasteiger partial charge in [0.2, 0.25) is 0 Å². The fraction of sp³-hybridized carbons (Fsp3) is 1.00. The summed E-state index contributed by atoms with van der Waals surface area (Å²) in [6.07, 6.45) is 16.8. The van der Waals surface area contributed by atoms with Crippen molar-refractivity contribution in [2.45, 2.75) is 119 Å². The van der Waals surface area contributed by atoms with E-state index in [9.17, 15) is 0 Å². The van der Waals surface area contributed by atoms with E-state index in [0.717, 1.165) is 53.3 Å². The van der Waals surface area contributed by atoms with Crippen LogP contribution in [0.25, 0.3) is 0 Å². The van der Waals surface area contributed by atoms with Crippen molar-refractivity contribution in [2.75, 3.05) is 0 Å². The standard InChI is InChI=1S/C29H52/c1-19(2)21(4)8-9-22(5)25-12-13-26-24-11-10-23-18-20(3)14-16-28(23,6)27(24)15-17-29(25,26)7/h19-27H,8-18H2,1-7H3. The van der Waals surface area contributed by atoms with Gasteiger partial charge < -0.3 is 0 Å². The van der Waals surface area contributed by atoms with Gasteiger partial charge in [0.1, 0.15) is 0 Å². The summed E-state index contributed by atoms with van der Waals surface area (Å²) in [4.78, 5) is 0. The molecule has 0 radical (unpaired) electrons. The van der Waals surface area contributed by atoms with E-state index in [4.69, 9.17) is 0 Å². The van der Waals surface area contributed by atoms with Crippen molar-refractivity contribution in [3.05, 3.63) is 0 Å². The van der Waals surface area contributed by atoms with Crippen LogP contribution in [0.4, 0.5) is 0 Å². The van der Waals surface area contributed by atoms with Crippen LogP contribution in [0.3, 0.4) is 0 Å². The Hall–Kier alpha value is 0. The van der Waals surface area contributed by atoms with Crippen molar-refractivity contribution >= 4 is 0 Å². The molecule has 168 valence electrons. The highest BCUT2D eigenvalue weighted by Crippen LogP contribution is 2.68. The molecule has 4 rings (SSSR count). The van der Waals surface area contributed by atoms with Gasteiger partial charge in [-0.1, -0.05) is 67.7 Å². The lowest BCUT2D eigenvalue weighted by Gasteiger charge is -2.61. The fourth-order valence-corrected chi connectivity index (χ4v) is 9.51. The second-order valence-corrected chi connectivity index (χ2v) is 13.5. The average molecular weight is 401 g/mol. The minimum atomic E-state index is 0.660. The molecule has 4 aliphatic rings. The molecule has 29 heavy (non-hydrogen) atoms. The van der Waals surface area contributed by atoms with Gasteiger partial charge in [-0.2, -0.15) is 0 Å². The lowest BCUT2D eigenvalue weighted by Crippen LogP contribution is -2.53. The quantitative estimate of drug-likeness (QED) is 0.432. The first-order valence-electron chi connectivity index (χ1n) is 13.7. The van der Waals surface area contributed by atoms with Crippen LogP contribution in [-0.4, -0.2) is 0 Å². The number of rotatable bonds is 5. The van der Waals surface area contributed by atoms with Crippen molar-refractivity contribution in [3.63, 3.8) is 0 Å². The molecule has 0 spiro atoms. The maximum Gasteiger partial charge on any atom is -0.0264 e. The second kappa shape index (κ2) is 8.16. The molecule has 0 aliphatic heterocycles. The Balaban J connectivity index is 1.46. The predicted molar refractivity (Wildman–Crippen MR) is 127 cm³/mol. The topological polar surface area (TPSA) is 0 Å². The largest absolute Gasteiger partial charge is 0.0625 e. The summed E-state index contributed by atoms with van der Waals surface area (Å²) in [7, 11) is 0. The molecule has 0 heteroatoms. The van der Waals surface area contributed by atoms with E-state index >= 15 is 0 Å². The van der Waals surface area contributed by atoms with Crippen molar-refractivity contribution in [2.24, 2.45) is 64.1 Å². The summed E-state index contributed by atoms with van der Waals surface area (Å²) in [5, 5.41) is 0. The minimum Gasteiger partial charge on any atom is -0.0625 e. The van der Waals surface area contributed by atoms with Crippen LogP contribution in [0, 0.1) is 64.1 Å². The Morgan fingerprint density at radius 3 is 2.17 bits per heavy atom. The molecule has 4 saturated carbocycles. The monoisotopic (exact) mass is 400 g/mol. The van der Waals surface area contributed by atoms with Crippen LogP contribution in [-0.2, 0) is 0 Å². The summed E-state index contributed by atoms with van der Waals surface area (Å²) in [5.74, 6) is 8.88. The molecule has 4 aliphatic carbocycles. The van der Waals surface area contributed by atoms with Gasteiger partial charge in [-0.25, -0.2) is 0 Å². The molecule has 10 atom stereocenters. The van der Waals surface area contributed by atoms with Gasteiger partial charge in [-0.05, 0) is 115 Å². The molecule has 0 bridgehead atoms. The van der Waals surface area contributed by atoms with Gasteiger partial charge >= 0.3 is 0 Å². The summed E-state index contributed by atoms with van der Waals surface area (Å²) < 4.78 is 0. The Kier molecular flexibility index (Phi) is 6.25. The van der Waals surface area contributed by atoms with Crippen molar-refractivity contribution in [1.82, 2.24) is 0 Å². The summed E-state index contributed by atoms with van der Waals surface area (Å²) in [6, 6.07) is 0. The van der Waals surface area contributed by atoms with Gasteiger partial charge in [0.25, 0.3) is 0 Å². The Morgan fingerprint density at radius 1 is 0.759 bits per heavy atom. The van der Waals surface area contributed by atoms with Crippen LogP contribution in [0.5, 0.6) is 0 Å². The van der Waals surface area contributed by atoms with Crippen LogP contribution < -0.4 is 0 Å². The summed E-state index contributed by atoms with van der Waals surface area (Å²) in [5.41, 5.74) is 1.35. The molecule has 10 unspecified atom stereocenters. The normalized spacial score (nSPS) is 49.2. The molecular weight excluding hydrogens is 348 g/mol. The lowest BCUT2D eigenvalue weighted by atomic mass is 9.44. The highest BCUT2D eigenvalue weighted by atomic mass is 14.6. The van der Waals surface area contributed by atoms with Crippen molar-refractivity contribution < 1.29 is 0 Å². The van der Waals surface area contributed by atoms with Gasteiger partial charge in [0.15, 0.2) is 0 Å². The third-order valence-corrected chi connectivity index (χ3v) is 11.9. The van der Waals surface area contributed by atoms with Gasteiger partial charge in [-0.15, -0.1) is 0 Å².